The monoisotopic (exact) mass is 295 g/mol. The highest BCUT2D eigenvalue weighted by Gasteiger charge is 2.25. The lowest BCUT2D eigenvalue weighted by molar-refractivity contribution is 0.0303. The Balaban J connectivity index is 1.90. The molecule has 20 heavy (non-hydrogen) atoms. The van der Waals surface area contributed by atoms with E-state index in [1.165, 1.54) is 0 Å². The van der Waals surface area contributed by atoms with Gasteiger partial charge in [-0.05, 0) is 36.6 Å². The topological polar surface area (TPSA) is 63.7 Å². The van der Waals surface area contributed by atoms with Crippen LogP contribution in [0.1, 0.15) is 22.3 Å². The maximum atomic E-state index is 12.4. The first-order valence-electron chi connectivity index (χ1n) is 6.81. The Hall–Kier alpha value is -1.40. The summed E-state index contributed by atoms with van der Waals surface area (Å²) >= 11 is 0. The van der Waals surface area contributed by atoms with Crippen molar-refractivity contribution in [2.45, 2.75) is 17.7 Å². The van der Waals surface area contributed by atoms with Gasteiger partial charge in [-0.1, -0.05) is 0 Å². The quantitative estimate of drug-likeness (QED) is 0.771. The van der Waals surface area contributed by atoms with E-state index in [9.17, 15) is 13.2 Å². The van der Waals surface area contributed by atoms with E-state index in [-0.39, 0.29) is 11.7 Å². The van der Waals surface area contributed by atoms with Gasteiger partial charge >= 0.3 is 0 Å². The minimum Gasteiger partial charge on any atom is -0.378 e. The highest BCUT2D eigenvalue weighted by atomic mass is 32.2. The largest absolute Gasteiger partial charge is 0.378 e. The van der Waals surface area contributed by atoms with Crippen LogP contribution in [0, 0.1) is 0 Å². The summed E-state index contributed by atoms with van der Waals surface area (Å²) in [5.74, 6) is 0.163. The normalized spacial score (nSPS) is 21.3. The smallest absolute Gasteiger partial charge is 0.254 e. The number of hydrogen-bond donors (Lipinski definition) is 0. The molecule has 2 heterocycles. The number of nitrogens with zero attached hydrogens (tertiary/aromatic N) is 1. The van der Waals surface area contributed by atoms with Crippen LogP contribution in [0.4, 0.5) is 0 Å². The number of ether oxygens (including phenoxy) is 1. The molecule has 5 nitrogen and oxygen atoms in total. The third kappa shape index (κ3) is 2.45. The highest BCUT2D eigenvalue weighted by Crippen LogP contribution is 2.26. The molecular weight excluding hydrogens is 278 g/mol. The van der Waals surface area contributed by atoms with E-state index in [1.54, 1.807) is 23.1 Å². The molecule has 1 fully saturated rings. The number of carbonyl (C=O) groups excluding carboxylic acids is 1. The Kier molecular flexibility index (Phi) is 3.52. The molecule has 1 aromatic rings. The van der Waals surface area contributed by atoms with Crippen LogP contribution in [-0.2, 0) is 21.0 Å². The fraction of sp³-hybridized carbons (Fsp3) is 0.500. The van der Waals surface area contributed by atoms with Crippen LogP contribution < -0.4 is 0 Å². The van der Waals surface area contributed by atoms with Crippen molar-refractivity contribution >= 4 is 15.7 Å². The number of aryl methyl sites for hydroxylation is 1. The van der Waals surface area contributed by atoms with Gasteiger partial charge in [0.25, 0.3) is 5.91 Å². The summed E-state index contributed by atoms with van der Waals surface area (Å²) in [4.78, 5) is 14.5. The zero-order chi connectivity index (χ0) is 14.2. The summed E-state index contributed by atoms with van der Waals surface area (Å²) in [6.45, 7) is 2.30. The van der Waals surface area contributed by atoms with Crippen molar-refractivity contribution in [1.82, 2.24) is 4.90 Å². The predicted octanol–water partition coefficient (Wildman–Crippen LogP) is 0.879. The summed E-state index contributed by atoms with van der Waals surface area (Å²) in [6.07, 6.45) is 1.35. The Bertz CT molecular complexity index is 633. The molecule has 1 saturated heterocycles. The molecule has 0 aliphatic carbocycles. The molecule has 6 heteroatoms. The molecule has 0 bridgehead atoms. The molecule has 1 aromatic carbocycles. The third-order valence-electron chi connectivity index (χ3n) is 3.80. The van der Waals surface area contributed by atoms with Crippen molar-refractivity contribution in [2.75, 3.05) is 32.1 Å². The number of morpholine rings is 1. The van der Waals surface area contributed by atoms with Crippen molar-refractivity contribution in [3.8, 4) is 0 Å². The second-order valence-corrected chi connectivity index (χ2v) is 7.23. The van der Waals surface area contributed by atoms with Gasteiger partial charge in [0.2, 0.25) is 0 Å². The van der Waals surface area contributed by atoms with E-state index in [1.807, 2.05) is 0 Å². The number of benzene rings is 1. The second kappa shape index (κ2) is 5.18. The third-order valence-corrected chi connectivity index (χ3v) is 5.69. The second-order valence-electron chi connectivity index (χ2n) is 5.15. The SMILES string of the molecule is O=C(c1ccc2c(c1)CCCS2(=O)=O)N1CCOCC1. The van der Waals surface area contributed by atoms with E-state index in [0.29, 0.717) is 43.2 Å². The standard InChI is InChI=1S/C14H17NO4S/c16-14(15-5-7-19-8-6-15)12-3-4-13-11(10-12)2-1-9-20(13,17)18/h3-4,10H,1-2,5-9H2. The molecule has 0 spiro atoms. The number of sulfone groups is 1. The van der Waals surface area contributed by atoms with Crippen molar-refractivity contribution < 1.29 is 17.9 Å². The fourth-order valence-corrected chi connectivity index (χ4v) is 4.30. The van der Waals surface area contributed by atoms with E-state index in [4.69, 9.17) is 4.74 Å². The molecule has 1 amide bonds. The Morgan fingerprint density at radius 2 is 1.95 bits per heavy atom. The van der Waals surface area contributed by atoms with Gasteiger partial charge < -0.3 is 9.64 Å². The number of fused-ring (bicyclic) bond motifs is 1. The first-order valence-corrected chi connectivity index (χ1v) is 8.46. The van der Waals surface area contributed by atoms with Gasteiger partial charge in [0.15, 0.2) is 9.84 Å². The van der Waals surface area contributed by atoms with Crippen LogP contribution in [0.2, 0.25) is 0 Å². The molecule has 0 saturated carbocycles. The van der Waals surface area contributed by atoms with Gasteiger partial charge in [-0.3, -0.25) is 4.79 Å². The number of hydrogen-bond acceptors (Lipinski definition) is 4. The average Bonchev–Trinajstić information content (AvgIpc) is 2.46. The molecule has 3 rings (SSSR count). The zero-order valence-corrected chi connectivity index (χ0v) is 12.0. The molecule has 0 N–H and O–H groups in total. The Morgan fingerprint density at radius 1 is 1.20 bits per heavy atom. The Labute approximate surface area is 118 Å². The summed E-state index contributed by atoms with van der Waals surface area (Å²) in [7, 11) is -3.15. The van der Waals surface area contributed by atoms with Gasteiger partial charge in [0.05, 0.1) is 23.9 Å². The summed E-state index contributed by atoms with van der Waals surface area (Å²) < 4.78 is 29.1. The summed E-state index contributed by atoms with van der Waals surface area (Å²) in [6, 6.07) is 4.95. The lowest BCUT2D eigenvalue weighted by Crippen LogP contribution is -2.40. The van der Waals surface area contributed by atoms with E-state index in [2.05, 4.69) is 0 Å². The number of amides is 1. The van der Waals surface area contributed by atoms with Crippen molar-refractivity contribution in [3.63, 3.8) is 0 Å². The van der Waals surface area contributed by atoms with Crippen LogP contribution in [-0.4, -0.2) is 51.3 Å². The lowest BCUT2D eigenvalue weighted by atomic mass is 10.1. The van der Waals surface area contributed by atoms with Crippen LogP contribution in [0.5, 0.6) is 0 Å². The fourth-order valence-electron chi connectivity index (χ4n) is 2.72. The van der Waals surface area contributed by atoms with Crippen LogP contribution in [0.3, 0.4) is 0 Å². The number of carbonyl (C=O) groups is 1. The maximum Gasteiger partial charge on any atom is 0.254 e. The van der Waals surface area contributed by atoms with Crippen molar-refractivity contribution in [1.29, 1.82) is 0 Å². The van der Waals surface area contributed by atoms with Crippen molar-refractivity contribution in [2.24, 2.45) is 0 Å². The molecule has 0 unspecified atom stereocenters. The molecule has 0 radical (unpaired) electrons. The van der Waals surface area contributed by atoms with Gasteiger partial charge in [-0.2, -0.15) is 0 Å². The van der Waals surface area contributed by atoms with Crippen molar-refractivity contribution in [3.05, 3.63) is 29.3 Å². The highest BCUT2D eigenvalue weighted by molar-refractivity contribution is 7.91. The molecule has 108 valence electrons. The van der Waals surface area contributed by atoms with E-state index >= 15 is 0 Å². The Morgan fingerprint density at radius 3 is 2.70 bits per heavy atom. The molecular formula is C14H17NO4S. The van der Waals surface area contributed by atoms with E-state index < -0.39 is 9.84 Å². The molecule has 2 aliphatic heterocycles. The lowest BCUT2D eigenvalue weighted by Gasteiger charge is -2.27. The van der Waals surface area contributed by atoms with Gasteiger partial charge in [-0.25, -0.2) is 8.42 Å². The first kappa shape index (κ1) is 13.6. The van der Waals surface area contributed by atoms with Gasteiger partial charge in [-0.15, -0.1) is 0 Å². The summed E-state index contributed by atoms with van der Waals surface area (Å²) in [5, 5.41) is 0. The first-order chi connectivity index (χ1) is 9.58. The van der Waals surface area contributed by atoms with Crippen LogP contribution in [0.25, 0.3) is 0 Å². The minimum absolute atomic E-state index is 0.0425. The molecule has 2 aliphatic rings. The molecule has 0 aromatic heterocycles. The molecule has 0 atom stereocenters. The predicted molar refractivity (Wildman–Crippen MR) is 73.5 cm³/mol. The number of rotatable bonds is 1. The van der Waals surface area contributed by atoms with E-state index in [0.717, 1.165) is 12.0 Å². The average molecular weight is 295 g/mol. The minimum atomic E-state index is -3.15. The van der Waals surface area contributed by atoms with Crippen LogP contribution in [0.15, 0.2) is 23.1 Å². The maximum absolute atomic E-state index is 12.4. The van der Waals surface area contributed by atoms with Gasteiger partial charge in [0.1, 0.15) is 0 Å². The van der Waals surface area contributed by atoms with Gasteiger partial charge in [0, 0.05) is 18.7 Å². The summed E-state index contributed by atoms with van der Waals surface area (Å²) in [5.41, 5.74) is 1.35. The zero-order valence-electron chi connectivity index (χ0n) is 11.2. The van der Waals surface area contributed by atoms with Crippen LogP contribution >= 0.6 is 0 Å².